The van der Waals surface area contributed by atoms with Crippen molar-refractivity contribution >= 4 is 41.0 Å². The van der Waals surface area contributed by atoms with Gasteiger partial charge in [-0.3, -0.25) is 0 Å². The van der Waals surface area contributed by atoms with Crippen molar-refractivity contribution in [1.82, 2.24) is 0 Å². The average molecular weight is 318 g/mol. The molecule has 1 aliphatic heterocycles. The van der Waals surface area contributed by atoms with E-state index in [9.17, 15) is 4.79 Å². The Balaban J connectivity index is 2.05. The number of hydrogen-bond acceptors (Lipinski definition) is 3. The van der Waals surface area contributed by atoms with E-state index in [1.54, 1.807) is 24.3 Å². The molecule has 0 spiro atoms. The van der Waals surface area contributed by atoms with Gasteiger partial charge >= 0.3 is 5.97 Å². The minimum atomic E-state index is -0.500. The van der Waals surface area contributed by atoms with Crippen molar-refractivity contribution in [1.29, 1.82) is 0 Å². The molecule has 2 aromatic rings. The molecule has 3 nitrogen and oxygen atoms in total. The van der Waals surface area contributed by atoms with E-state index in [1.807, 2.05) is 30.3 Å². The van der Waals surface area contributed by atoms with E-state index < -0.39 is 5.97 Å². The fourth-order valence-electron chi connectivity index (χ4n) is 1.99. The highest BCUT2D eigenvalue weighted by Gasteiger charge is 2.26. The van der Waals surface area contributed by atoms with Gasteiger partial charge in [-0.1, -0.05) is 64.8 Å². The minimum absolute atomic E-state index is 0.366. The van der Waals surface area contributed by atoms with Gasteiger partial charge in [0.15, 0.2) is 0 Å². The van der Waals surface area contributed by atoms with Crippen LogP contribution in [0, 0.1) is 0 Å². The van der Waals surface area contributed by atoms with E-state index in [2.05, 4.69) is 5.16 Å². The smallest absolute Gasteiger partial charge is 0.312 e. The van der Waals surface area contributed by atoms with Gasteiger partial charge in [0, 0.05) is 15.6 Å². The molecule has 0 bridgehead atoms. The van der Waals surface area contributed by atoms with E-state index in [0.29, 0.717) is 26.9 Å². The predicted molar refractivity (Wildman–Crippen MR) is 83.5 cm³/mol. The molecule has 1 aliphatic rings. The highest BCUT2D eigenvalue weighted by molar-refractivity contribution is 6.36. The van der Waals surface area contributed by atoms with Gasteiger partial charge in [-0.25, -0.2) is 4.79 Å². The molecule has 104 valence electrons. The predicted octanol–water partition coefficient (Wildman–Crippen LogP) is 4.34. The van der Waals surface area contributed by atoms with Gasteiger partial charge < -0.3 is 4.84 Å². The van der Waals surface area contributed by atoms with Crippen molar-refractivity contribution in [3.05, 3.63) is 75.3 Å². The topological polar surface area (TPSA) is 38.7 Å². The molecule has 0 aromatic heterocycles. The van der Waals surface area contributed by atoms with Crippen molar-refractivity contribution in [2.45, 2.75) is 0 Å². The second-order valence-electron chi connectivity index (χ2n) is 4.41. The number of oxime groups is 1. The monoisotopic (exact) mass is 317 g/mol. The third kappa shape index (κ3) is 2.84. The van der Waals surface area contributed by atoms with E-state index in [0.717, 1.165) is 5.56 Å². The van der Waals surface area contributed by atoms with Crippen molar-refractivity contribution in [3.8, 4) is 0 Å². The van der Waals surface area contributed by atoms with Crippen LogP contribution in [0.4, 0.5) is 0 Å². The maximum atomic E-state index is 11.9. The van der Waals surface area contributed by atoms with Crippen LogP contribution in [0.5, 0.6) is 0 Å². The molecular formula is C16H9Cl2NO2. The van der Waals surface area contributed by atoms with Crippen LogP contribution in [-0.4, -0.2) is 11.7 Å². The molecule has 0 fully saturated rings. The fraction of sp³-hybridized carbons (Fsp3) is 0. The summed E-state index contributed by atoms with van der Waals surface area (Å²) in [6.07, 6.45) is 1.65. The highest BCUT2D eigenvalue weighted by Crippen LogP contribution is 2.26. The quantitative estimate of drug-likeness (QED) is 0.610. The number of benzene rings is 2. The molecule has 0 radical (unpaired) electrons. The second-order valence-corrected chi connectivity index (χ2v) is 5.25. The lowest BCUT2D eigenvalue weighted by Gasteiger charge is -2.02. The molecule has 3 rings (SSSR count). The zero-order valence-electron chi connectivity index (χ0n) is 10.7. The lowest BCUT2D eigenvalue weighted by atomic mass is 10.0. The Hall–Kier alpha value is -2.10. The van der Waals surface area contributed by atoms with Crippen LogP contribution in [0.1, 0.15) is 11.1 Å². The SMILES string of the molecule is O=C1ON=C(c2ccccc2)/C1=C\c1ccc(Cl)cc1Cl. The summed E-state index contributed by atoms with van der Waals surface area (Å²) < 4.78 is 0. The number of hydrogen-bond donors (Lipinski definition) is 0. The van der Waals surface area contributed by atoms with Gasteiger partial charge in [0.25, 0.3) is 0 Å². The van der Waals surface area contributed by atoms with Crippen LogP contribution in [0.25, 0.3) is 6.08 Å². The van der Waals surface area contributed by atoms with Gasteiger partial charge in [-0.05, 0) is 23.8 Å². The molecule has 0 saturated carbocycles. The summed E-state index contributed by atoms with van der Waals surface area (Å²) in [6.45, 7) is 0. The first kappa shape index (κ1) is 13.9. The molecule has 0 aliphatic carbocycles. The first-order valence-corrected chi connectivity index (χ1v) is 6.92. The lowest BCUT2D eigenvalue weighted by Crippen LogP contribution is -2.06. The van der Waals surface area contributed by atoms with Gasteiger partial charge in [0.1, 0.15) is 5.71 Å². The van der Waals surface area contributed by atoms with Gasteiger partial charge in [-0.15, -0.1) is 0 Å². The molecule has 0 saturated heterocycles. The van der Waals surface area contributed by atoms with Crippen molar-refractivity contribution in [2.24, 2.45) is 5.16 Å². The molecule has 0 N–H and O–H groups in total. The number of halogens is 2. The van der Waals surface area contributed by atoms with Crippen LogP contribution in [0.3, 0.4) is 0 Å². The van der Waals surface area contributed by atoms with Crippen LogP contribution >= 0.6 is 23.2 Å². The molecule has 0 atom stereocenters. The summed E-state index contributed by atoms with van der Waals surface area (Å²) in [5.41, 5.74) is 2.34. The van der Waals surface area contributed by atoms with Gasteiger partial charge in [0.2, 0.25) is 0 Å². The molecule has 2 aromatic carbocycles. The maximum absolute atomic E-state index is 11.9. The third-order valence-electron chi connectivity index (χ3n) is 3.00. The maximum Gasteiger partial charge on any atom is 0.368 e. The van der Waals surface area contributed by atoms with Crippen molar-refractivity contribution in [3.63, 3.8) is 0 Å². The lowest BCUT2D eigenvalue weighted by molar-refractivity contribution is -0.136. The summed E-state index contributed by atoms with van der Waals surface area (Å²) in [6, 6.07) is 14.4. The fourth-order valence-corrected chi connectivity index (χ4v) is 2.45. The Bertz CT molecular complexity index is 767. The minimum Gasteiger partial charge on any atom is -0.312 e. The number of nitrogens with zero attached hydrogens (tertiary/aromatic N) is 1. The van der Waals surface area contributed by atoms with E-state index in [1.165, 1.54) is 0 Å². The number of carbonyl (C=O) groups is 1. The highest BCUT2D eigenvalue weighted by atomic mass is 35.5. The molecule has 5 heteroatoms. The molecule has 0 unspecified atom stereocenters. The van der Waals surface area contributed by atoms with Crippen molar-refractivity contribution < 1.29 is 9.63 Å². The van der Waals surface area contributed by atoms with E-state index >= 15 is 0 Å². The number of carbonyl (C=O) groups excluding carboxylic acids is 1. The number of rotatable bonds is 2. The summed E-state index contributed by atoms with van der Waals surface area (Å²) in [5, 5.41) is 4.84. The Kier molecular flexibility index (Phi) is 3.78. The second kappa shape index (κ2) is 5.72. The molecule has 0 amide bonds. The third-order valence-corrected chi connectivity index (χ3v) is 3.57. The first-order chi connectivity index (χ1) is 10.1. The van der Waals surface area contributed by atoms with Crippen LogP contribution in [0.2, 0.25) is 10.0 Å². The molecule has 21 heavy (non-hydrogen) atoms. The first-order valence-electron chi connectivity index (χ1n) is 6.17. The van der Waals surface area contributed by atoms with Gasteiger partial charge in [0.05, 0.1) is 5.57 Å². The zero-order valence-corrected chi connectivity index (χ0v) is 12.2. The van der Waals surface area contributed by atoms with Crippen LogP contribution in [-0.2, 0) is 9.63 Å². The Morgan fingerprint density at radius 3 is 2.52 bits per heavy atom. The molecule has 1 heterocycles. The average Bonchev–Trinajstić information content (AvgIpc) is 2.84. The van der Waals surface area contributed by atoms with Gasteiger partial charge in [-0.2, -0.15) is 0 Å². The van der Waals surface area contributed by atoms with E-state index in [4.69, 9.17) is 28.0 Å². The largest absolute Gasteiger partial charge is 0.368 e. The normalized spacial score (nSPS) is 16.0. The Morgan fingerprint density at radius 1 is 1.05 bits per heavy atom. The summed E-state index contributed by atoms with van der Waals surface area (Å²) in [5.74, 6) is -0.500. The molecular weight excluding hydrogens is 309 g/mol. The Morgan fingerprint density at radius 2 is 1.81 bits per heavy atom. The van der Waals surface area contributed by atoms with Crippen LogP contribution in [0.15, 0.2) is 59.3 Å². The zero-order chi connectivity index (χ0) is 14.8. The summed E-state index contributed by atoms with van der Waals surface area (Å²) >= 11 is 12.0. The van der Waals surface area contributed by atoms with E-state index in [-0.39, 0.29) is 0 Å². The van der Waals surface area contributed by atoms with Crippen LogP contribution < -0.4 is 0 Å². The summed E-state index contributed by atoms with van der Waals surface area (Å²) in [4.78, 5) is 16.6. The summed E-state index contributed by atoms with van der Waals surface area (Å²) in [7, 11) is 0. The standard InChI is InChI=1S/C16H9Cl2NO2/c17-12-7-6-11(14(18)9-12)8-13-15(19-21-16(13)20)10-4-2-1-3-5-10/h1-9H/b13-8+. The van der Waals surface area contributed by atoms with Crippen molar-refractivity contribution in [2.75, 3.05) is 0 Å². The Labute approximate surface area is 131 Å².